The third-order valence-corrected chi connectivity index (χ3v) is 3.02. The fraction of sp³-hybridized carbons (Fsp3) is 0.267. The Hall–Kier alpha value is -2.34. The number of oxime groups is 1. The predicted octanol–water partition coefficient (Wildman–Crippen LogP) is 2.45. The maximum atomic E-state index is 11.3. The van der Waals surface area contributed by atoms with Crippen molar-refractivity contribution in [2.24, 2.45) is 10.9 Å². The first-order chi connectivity index (χ1) is 10.7. The number of fused-ring (bicyclic) bond motifs is 1. The largest absolute Gasteiger partial charge is 0.483 e. The molecule has 0 aliphatic carbocycles. The maximum Gasteiger partial charge on any atom is 0.335 e. The minimum atomic E-state index is -0.476. The molecule has 2 N–H and O–H groups in total. The van der Waals surface area contributed by atoms with Crippen LogP contribution in [0.4, 0.5) is 0 Å². The first kappa shape index (κ1) is 16.0. The van der Waals surface area contributed by atoms with Crippen LogP contribution in [0, 0.1) is 0 Å². The van der Waals surface area contributed by atoms with Crippen molar-refractivity contribution in [1.29, 1.82) is 0 Å². The molecule has 0 aliphatic heterocycles. The SMILES string of the molecule is N/C(COc1cccc2cccnc12)=N\OC(=O)CCCCl. The zero-order valence-electron chi connectivity index (χ0n) is 11.9. The van der Waals surface area contributed by atoms with E-state index in [1.54, 1.807) is 12.3 Å². The lowest BCUT2D eigenvalue weighted by Gasteiger charge is -2.07. The Bertz CT molecular complexity index is 671. The summed E-state index contributed by atoms with van der Waals surface area (Å²) in [6, 6.07) is 9.37. The van der Waals surface area contributed by atoms with E-state index in [1.807, 2.05) is 24.3 Å². The normalized spacial score (nSPS) is 11.4. The number of ether oxygens (including phenoxy) is 1. The number of rotatable bonds is 7. The van der Waals surface area contributed by atoms with Gasteiger partial charge in [-0.05, 0) is 18.6 Å². The molecule has 6 nitrogen and oxygen atoms in total. The van der Waals surface area contributed by atoms with Crippen LogP contribution in [0.2, 0.25) is 0 Å². The predicted molar refractivity (Wildman–Crippen MR) is 84.9 cm³/mol. The molecule has 0 bridgehead atoms. The first-order valence-electron chi connectivity index (χ1n) is 6.75. The number of alkyl halides is 1. The van der Waals surface area contributed by atoms with Crippen LogP contribution in [0.5, 0.6) is 5.75 Å². The summed E-state index contributed by atoms with van der Waals surface area (Å²) in [4.78, 5) is 20.2. The van der Waals surface area contributed by atoms with Crippen LogP contribution in [0.25, 0.3) is 10.9 Å². The molecule has 1 aromatic carbocycles. The molecule has 7 heteroatoms. The van der Waals surface area contributed by atoms with Gasteiger partial charge >= 0.3 is 5.97 Å². The van der Waals surface area contributed by atoms with Crippen molar-refractivity contribution in [3.05, 3.63) is 36.5 Å². The number of hydrogen-bond donors (Lipinski definition) is 1. The van der Waals surface area contributed by atoms with Crippen LogP contribution < -0.4 is 10.5 Å². The molecular weight excluding hydrogens is 306 g/mol. The smallest absolute Gasteiger partial charge is 0.335 e. The topological polar surface area (TPSA) is 86.8 Å². The van der Waals surface area contributed by atoms with E-state index in [1.165, 1.54) is 0 Å². The summed E-state index contributed by atoms with van der Waals surface area (Å²) in [6.07, 6.45) is 2.42. The second-order valence-corrected chi connectivity index (χ2v) is 4.84. The van der Waals surface area contributed by atoms with Crippen LogP contribution in [0.3, 0.4) is 0 Å². The van der Waals surface area contributed by atoms with Gasteiger partial charge in [0, 0.05) is 23.9 Å². The number of aromatic nitrogens is 1. The van der Waals surface area contributed by atoms with Crippen molar-refractivity contribution in [3.63, 3.8) is 0 Å². The molecule has 0 amide bonds. The van der Waals surface area contributed by atoms with E-state index >= 15 is 0 Å². The molecule has 116 valence electrons. The molecule has 0 spiro atoms. The van der Waals surface area contributed by atoms with E-state index in [2.05, 4.69) is 15.0 Å². The molecule has 0 unspecified atom stereocenters. The molecule has 0 saturated heterocycles. The maximum absolute atomic E-state index is 11.3. The van der Waals surface area contributed by atoms with E-state index in [9.17, 15) is 4.79 Å². The molecule has 0 aliphatic rings. The standard InChI is InChI=1S/C15H16ClN3O3/c16-8-2-7-14(20)22-19-13(17)10-21-12-6-1-4-11-5-3-9-18-15(11)12/h1,3-6,9H,2,7-8,10H2,(H2,17,19). The van der Waals surface area contributed by atoms with Gasteiger partial charge in [-0.1, -0.05) is 23.4 Å². The Kier molecular flexibility index (Phi) is 5.97. The number of nitrogens with two attached hydrogens (primary N) is 1. The third kappa shape index (κ3) is 4.60. The minimum absolute atomic E-state index is 0.00151. The molecule has 2 rings (SSSR count). The third-order valence-electron chi connectivity index (χ3n) is 2.75. The zero-order valence-corrected chi connectivity index (χ0v) is 12.6. The number of halogens is 1. The average molecular weight is 322 g/mol. The average Bonchev–Trinajstić information content (AvgIpc) is 2.56. The van der Waals surface area contributed by atoms with Gasteiger partial charge in [-0.2, -0.15) is 0 Å². The summed E-state index contributed by atoms with van der Waals surface area (Å²) in [5.41, 5.74) is 6.38. The van der Waals surface area contributed by atoms with Gasteiger partial charge in [-0.15, -0.1) is 11.6 Å². The van der Waals surface area contributed by atoms with Crippen LogP contribution in [-0.4, -0.2) is 29.3 Å². The highest BCUT2D eigenvalue weighted by atomic mass is 35.5. The van der Waals surface area contributed by atoms with E-state index < -0.39 is 5.97 Å². The fourth-order valence-electron chi connectivity index (χ4n) is 1.74. The van der Waals surface area contributed by atoms with Crippen LogP contribution in [0.15, 0.2) is 41.7 Å². The highest BCUT2D eigenvalue weighted by molar-refractivity contribution is 6.17. The summed E-state index contributed by atoms with van der Waals surface area (Å²) < 4.78 is 5.56. The molecule has 0 fully saturated rings. The monoisotopic (exact) mass is 321 g/mol. The van der Waals surface area contributed by atoms with Gasteiger partial charge in [0.25, 0.3) is 0 Å². The molecule has 0 saturated carbocycles. The van der Waals surface area contributed by atoms with Gasteiger partial charge in [-0.3, -0.25) is 4.98 Å². The van der Waals surface area contributed by atoms with Gasteiger partial charge in [0.05, 0.1) is 0 Å². The molecular formula is C15H16ClN3O3. The Morgan fingerprint density at radius 3 is 2.95 bits per heavy atom. The second-order valence-electron chi connectivity index (χ2n) is 4.46. The number of hydrogen-bond acceptors (Lipinski definition) is 5. The van der Waals surface area contributed by atoms with Crippen molar-refractivity contribution < 1.29 is 14.4 Å². The van der Waals surface area contributed by atoms with Gasteiger partial charge in [-0.25, -0.2) is 4.79 Å². The lowest BCUT2D eigenvalue weighted by molar-refractivity contribution is -0.143. The van der Waals surface area contributed by atoms with Crippen LogP contribution in [0.1, 0.15) is 12.8 Å². The van der Waals surface area contributed by atoms with Crippen molar-refractivity contribution in [3.8, 4) is 5.75 Å². The van der Waals surface area contributed by atoms with E-state index in [0.29, 0.717) is 18.1 Å². The van der Waals surface area contributed by atoms with Crippen molar-refractivity contribution >= 4 is 34.3 Å². The van der Waals surface area contributed by atoms with Gasteiger partial charge in [0.1, 0.15) is 17.9 Å². The zero-order chi connectivity index (χ0) is 15.8. The lowest BCUT2D eigenvalue weighted by atomic mass is 10.2. The van der Waals surface area contributed by atoms with Crippen molar-refractivity contribution in [2.75, 3.05) is 12.5 Å². The summed E-state index contributed by atoms with van der Waals surface area (Å²) in [7, 11) is 0. The highest BCUT2D eigenvalue weighted by Crippen LogP contribution is 2.22. The second kappa shape index (κ2) is 8.19. The number of benzene rings is 1. The number of pyridine rings is 1. The van der Waals surface area contributed by atoms with E-state index in [0.717, 1.165) is 10.9 Å². The highest BCUT2D eigenvalue weighted by Gasteiger charge is 2.05. The Labute approximate surface area is 132 Å². The van der Waals surface area contributed by atoms with Gasteiger partial charge in [0.2, 0.25) is 0 Å². The Morgan fingerprint density at radius 2 is 2.14 bits per heavy atom. The van der Waals surface area contributed by atoms with E-state index in [-0.39, 0.29) is 18.9 Å². The molecule has 1 heterocycles. The number of carbonyl (C=O) groups excluding carboxylic acids is 1. The van der Waals surface area contributed by atoms with Crippen molar-refractivity contribution in [2.45, 2.75) is 12.8 Å². The van der Waals surface area contributed by atoms with Crippen LogP contribution >= 0.6 is 11.6 Å². The van der Waals surface area contributed by atoms with Crippen molar-refractivity contribution in [1.82, 2.24) is 4.98 Å². The number of para-hydroxylation sites is 1. The molecule has 1 aromatic heterocycles. The molecule has 2 aromatic rings. The summed E-state index contributed by atoms with van der Waals surface area (Å²) in [5.74, 6) is 0.568. The van der Waals surface area contributed by atoms with Crippen LogP contribution in [-0.2, 0) is 9.63 Å². The number of amidine groups is 1. The van der Waals surface area contributed by atoms with E-state index in [4.69, 9.17) is 22.1 Å². The molecule has 0 atom stereocenters. The number of carbonyl (C=O) groups is 1. The number of nitrogens with zero attached hydrogens (tertiary/aromatic N) is 2. The quantitative estimate of drug-likeness (QED) is 0.278. The fourth-order valence-corrected chi connectivity index (χ4v) is 1.87. The Morgan fingerprint density at radius 1 is 1.32 bits per heavy atom. The molecule has 22 heavy (non-hydrogen) atoms. The lowest BCUT2D eigenvalue weighted by Crippen LogP contribution is -2.22. The van der Waals surface area contributed by atoms with Gasteiger partial charge < -0.3 is 15.3 Å². The van der Waals surface area contributed by atoms with Gasteiger partial charge in [0.15, 0.2) is 5.84 Å². The first-order valence-corrected chi connectivity index (χ1v) is 7.29. The summed E-state index contributed by atoms with van der Waals surface area (Å²) in [6.45, 7) is -0.00151. The Balaban J connectivity index is 1.92. The molecule has 0 radical (unpaired) electrons. The summed E-state index contributed by atoms with van der Waals surface area (Å²) >= 11 is 5.48. The minimum Gasteiger partial charge on any atom is -0.483 e. The summed E-state index contributed by atoms with van der Waals surface area (Å²) in [5, 5.41) is 4.49.